The predicted octanol–water partition coefficient (Wildman–Crippen LogP) is 0.223. The Morgan fingerprint density at radius 3 is 2.67 bits per heavy atom. The molecule has 2 N–H and O–H groups in total. The first kappa shape index (κ1) is 12.3. The molecular formula is C7H13N3O3S2. The Morgan fingerprint density at radius 1 is 1.53 bits per heavy atom. The molecule has 0 aliphatic heterocycles. The monoisotopic (exact) mass is 251 g/mol. The van der Waals surface area contributed by atoms with Crippen LogP contribution in [-0.2, 0) is 16.4 Å². The normalized spacial score (nSPS) is 13.8. The number of aliphatic hydroxyl groups excluding tert-OH is 1. The van der Waals surface area contributed by atoms with E-state index in [1.165, 1.54) is 18.3 Å². The highest BCUT2D eigenvalue weighted by Crippen LogP contribution is 2.17. The van der Waals surface area contributed by atoms with E-state index in [1.54, 1.807) is 0 Å². The first-order valence-corrected chi connectivity index (χ1v) is 6.80. The van der Waals surface area contributed by atoms with Crippen LogP contribution in [0.3, 0.4) is 0 Å². The fourth-order valence-electron chi connectivity index (χ4n) is 0.758. The minimum absolute atomic E-state index is 0.243. The molecular weight excluding hydrogens is 238 g/mol. The Labute approximate surface area is 92.4 Å². The summed E-state index contributed by atoms with van der Waals surface area (Å²) in [4.78, 5) is 0. The van der Waals surface area contributed by atoms with Crippen molar-refractivity contribution in [3.05, 3.63) is 5.01 Å². The Bertz CT molecular complexity index is 415. The number of aliphatic hydroxyl groups is 1. The van der Waals surface area contributed by atoms with Gasteiger partial charge in [0.25, 0.3) is 0 Å². The van der Waals surface area contributed by atoms with Crippen LogP contribution in [0.25, 0.3) is 0 Å². The standard InChI is InChI=1S/C7H13N3O3S2/c1-3-6-8-9-7(14-6)10-15(12,13)5(2)4-11/h5,11H,3-4H2,1-2H3,(H,9,10). The summed E-state index contributed by atoms with van der Waals surface area (Å²) in [6, 6.07) is 0. The molecule has 0 saturated carbocycles. The average Bonchev–Trinajstić information content (AvgIpc) is 2.63. The van der Waals surface area contributed by atoms with E-state index in [-0.39, 0.29) is 5.13 Å². The van der Waals surface area contributed by atoms with Gasteiger partial charge in [-0.3, -0.25) is 4.72 Å². The van der Waals surface area contributed by atoms with Gasteiger partial charge in [0.1, 0.15) is 10.3 Å². The molecule has 0 spiro atoms. The topological polar surface area (TPSA) is 92.2 Å². The second-order valence-electron chi connectivity index (χ2n) is 2.99. The first-order chi connectivity index (χ1) is 6.99. The largest absolute Gasteiger partial charge is 0.395 e. The maximum absolute atomic E-state index is 11.5. The van der Waals surface area contributed by atoms with E-state index < -0.39 is 21.9 Å². The lowest BCUT2D eigenvalue weighted by Crippen LogP contribution is -2.28. The van der Waals surface area contributed by atoms with Crippen LogP contribution in [0.15, 0.2) is 0 Å². The summed E-state index contributed by atoms with van der Waals surface area (Å²) in [7, 11) is -3.55. The predicted molar refractivity (Wildman–Crippen MR) is 58.4 cm³/mol. The Balaban J connectivity index is 2.77. The lowest BCUT2D eigenvalue weighted by Gasteiger charge is -2.09. The molecule has 0 saturated heterocycles. The van der Waals surface area contributed by atoms with Gasteiger partial charge in [0, 0.05) is 0 Å². The van der Waals surface area contributed by atoms with Crippen molar-refractivity contribution in [1.29, 1.82) is 0 Å². The molecule has 0 fully saturated rings. The van der Waals surface area contributed by atoms with Crippen molar-refractivity contribution in [3.63, 3.8) is 0 Å². The lowest BCUT2D eigenvalue weighted by molar-refractivity contribution is 0.296. The summed E-state index contributed by atoms with van der Waals surface area (Å²) >= 11 is 1.19. The third kappa shape index (κ3) is 3.11. The highest BCUT2D eigenvalue weighted by molar-refractivity contribution is 7.93. The molecule has 6 nitrogen and oxygen atoms in total. The number of nitrogens with zero attached hydrogens (tertiary/aromatic N) is 2. The molecule has 0 aliphatic rings. The summed E-state index contributed by atoms with van der Waals surface area (Å²) in [5, 5.41) is 16.4. The van der Waals surface area contributed by atoms with Crippen LogP contribution in [0.2, 0.25) is 0 Å². The van der Waals surface area contributed by atoms with Crippen molar-refractivity contribution >= 4 is 26.5 Å². The Morgan fingerprint density at radius 2 is 2.20 bits per heavy atom. The molecule has 1 rings (SSSR count). The zero-order chi connectivity index (χ0) is 11.5. The summed E-state index contributed by atoms with van der Waals surface area (Å²) < 4.78 is 25.3. The molecule has 0 aromatic carbocycles. The average molecular weight is 251 g/mol. The summed E-state index contributed by atoms with van der Waals surface area (Å²) in [6.45, 7) is 2.91. The van der Waals surface area contributed by atoms with E-state index in [4.69, 9.17) is 5.11 Å². The number of hydrogen-bond donors (Lipinski definition) is 2. The molecule has 0 aliphatic carbocycles. The molecule has 8 heteroatoms. The number of hydrogen-bond acceptors (Lipinski definition) is 6. The molecule has 0 bridgehead atoms. The third-order valence-corrected chi connectivity index (χ3v) is 4.58. The smallest absolute Gasteiger partial charge is 0.239 e. The number of sulfonamides is 1. The molecule has 1 heterocycles. The molecule has 0 amide bonds. The molecule has 86 valence electrons. The van der Waals surface area contributed by atoms with Gasteiger partial charge in [0.15, 0.2) is 0 Å². The Hall–Kier alpha value is -0.730. The summed E-state index contributed by atoms with van der Waals surface area (Å²) in [5.74, 6) is 0. The Kier molecular flexibility index (Phi) is 4.00. The lowest BCUT2D eigenvalue weighted by atomic mass is 10.5. The number of aryl methyl sites for hydroxylation is 1. The van der Waals surface area contributed by atoms with Gasteiger partial charge >= 0.3 is 0 Å². The minimum atomic E-state index is -3.55. The van der Waals surface area contributed by atoms with Gasteiger partial charge in [-0.25, -0.2) is 8.42 Å². The van der Waals surface area contributed by atoms with Gasteiger partial charge in [-0.05, 0) is 13.3 Å². The van der Waals surface area contributed by atoms with Crippen LogP contribution in [0.4, 0.5) is 5.13 Å². The zero-order valence-corrected chi connectivity index (χ0v) is 10.1. The minimum Gasteiger partial charge on any atom is -0.395 e. The van der Waals surface area contributed by atoms with Crippen molar-refractivity contribution in [1.82, 2.24) is 10.2 Å². The fourth-order valence-corrected chi connectivity index (χ4v) is 2.49. The highest BCUT2D eigenvalue weighted by Gasteiger charge is 2.21. The maximum Gasteiger partial charge on any atom is 0.239 e. The quantitative estimate of drug-likeness (QED) is 0.781. The van der Waals surface area contributed by atoms with E-state index in [1.807, 2.05) is 6.92 Å². The van der Waals surface area contributed by atoms with Gasteiger partial charge in [0.2, 0.25) is 15.2 Å². The second-order valence-corrected chi connectivity index (χ2v) is 6.16. The second kappa shape index (κ2) is 4.86. The van der Waals surface area contributed by atoms with Crippen molar-refractivity contribution in [2.24, 2.45) is 0 Å². The molecule has 1 unspecified atom stereocenters. The van der Waals surface area contributed by atoms with Crippen molar-refractivity contribution in [2.75, 3.05) is 11.3 Å². The maximum atomic E-state index is 11.5. The molecule has 1 aromatic heterocycles. The summed E-state index contributed by atoms with van der Waals surface area (Å²) in [6.07, 6.45) is 0.717. The van der Waals surface area contributed by atoms with Gasteiger partial charge in [-0.1, -0.05) is 18.3 Å². The van der Waals surface area contributed by atoms with Crippen LogP contribution in [-0.4, -0.2) is 35.6 Å². The van der Waals surface area contributed by atoms with Crippen molar-refractivity contribution in [2.45, 2.75) is 25.5 Å². The van der Waals surface area contributed by atoms with Gasteiger partial charge in [-0.2, -0.15) is 0 Å². The third-order valence-electron chi connectivity index (χ3n) is 1.79. The molecule has 0 radical (unpaired) electrons. The molecule has 15 heavy (non-hydrogen) atoms. The van der Waals surface area contributed by atoms with E-state index in [0.29, 0.717) is 0 Å². The van der Waals surface area contributed by atoms with Crippen LogP contribution in [0.5, 0.6) is 0 Å². The van der Waals surface area contributed by atoms with Crippen LogP contribution >= 0.6 is 11.3 Å². The van der Waals surface area contributed by atoms with Gasteiger partial charge in [0.05, 0.1) is 6.61 Å². The van der Waals surface area contributed by atoms with Crippen molar-refractivity contribution in [3.8, 4) is 0 Å². The zero-order valence-electron chi connectivity index (χ0n) is 8.47. The van der Waals surface area contributed by atoms with E-state index >= 15 is 0 Å². The number of rotatable bonds is 5. The SMILES string of the molecule is CCc1nnc(NS(=O)(=O)C(C)CO)s1. The fraction of sp³-hybridized carbons (Fsp3) is 0.714. The molecule has 1 aromatic rings. The van der Waals surface area contributed by atoms with E-state index in [2.05, 4.69) is 14.9 Å². The number of nitrogens with one attached hydrogen (secondary N) is 1. The van der Waals surface area contributed by atoms with Crippen LogP contribution < -0.4 is 4.72 Å². The first-order valence-electron chi connectivity index (χ1n) is 4.44. The van der Waals surface area contributed by atoms with Crippen LogP contribution in [0, 0.1) is 0 Å². The van der Waals surface area contributed by atoms with Crippen molar-refractivity contribution < 1.29 is 13.5 Å². The summed E-state index contributed by atoms with van der Waals surface area (Å²) in [5.41, 5.74) is 0. The molecule has 1 atom stereocenters. The van der Waals surface area contributed by atoms with E-state index in [9.17, 15) is 8.42 Å². The number of aromatic nitrogens is 2. The number of anilines is 1. The highest BCUT2D eigenvalue weighted by atomic mass is 32.2. The van der Waals surface area contributed by atoms with Gasteiger partial charge < -0.3 is 5.11 Å². The van der Waals surface area contributed by atoms with E-state index in [0.717, 1.165) is 11.4 Å². The van der Waals surface area contributed by atoms with Gasteiger partial charge in [-0.15, -0.1) is 10.2 Å². The van der Waals surface area contributed by atoms with Crippen LogP contribution in [0.1, 0.15) is 18.9 Å².